The van der Waals surface area contributed by atoms with Crippen LogP contribution < -0.4 is 5.32 Å². The van der Waals surface area contributed by atoms with E-state index in [9.17, 15) is 0 Å². The highest BCUT2D eigenvalue weighted by Crippen LogP contribution is 2.09. The molecule has 0 aliphatic carbocycles. The zero-order valence-electron chi connectivity index (χ0n) is 8.66. The van der Waals surface area contributed by atoms with Crippen LogP contribution >= 0.6 is 12.4 Å². The van der Waals surface area contributed by atoms with E-state index in [-0.39, 0.29) is 12.4 Å². The highest BCUT2D eigenvalue weighted by Gasteiger charge is 1.94. The summed E-state index contributed by atoms with van der Waals surface area (Å²) in [5.41, 5.74) is 1.26. The van der Waals surface area contributed by atoms with Crippen LogP contribution in [0.15, 0.2) is 24.3 Å². The SMILES string of the molecule is CC(C)NCCc1ccc(O)cc1.Cl. The lowest BCUT2D eigenvalue weighted by Gasteiger charge is -2.07. The van der Waals surface area contributed by atoms with Gasteiger partial charge in [-0.2, -0.15) is 0 Å². The maximum Gasteiger partial charge on any atom is 0.115 e. The molecular formula is C11H18ClNO. The van der Waals surface area contributed by atoms with Crippen LogP contribution in [-0.2, 0) is 6.42 Å². The van der Waals surface area contributed by atoms with Gasteiger partial charge in [0.1, 0.15) is 5.75 Å². The van der Waals surface area contributed by atoms with E-state index in [2.05, 4.69) is 19.2 Å². The second kappa shape index (κ2) is 6.68. The number of rotatable bonds is 4. The van der Waals surface area contributed by atoms with Crippen molar-refractivity contribution in [2.24, 2.45) is 0 Å². The minimum Gasteiger partial charge on any atom is -0.508 e. The highest BCUT2D eigenvalue weighted by molar-refractivity contribution is 5.85. The molecule has 0 aromatic heterocycles. The van der Waals surface area contributed by atoms with Crippen LogP contribution in [0.2, 0.25) is 0 Å². The molecule has 1 aromatic rings. The monoisotopic (exact) mass is 215 g/mol. The van der Waals surface area contributed by atoms with Gasteiger partial charge in [0.2, 0.25) is 0 Å². The summed E-state index contributed by atoms with van der Waals surface area (Å²) >= 11 is 0. The molecule has 0 spiro atoms. The summed E-state index contributed by atoms with van der Waals surface area (Å²) in [4.78, 5) is 0. The predicted molar refractivity (Wildman–Crippen MR) is 62.2 cm³/mol. The number of aromatic hydroxyl groups is 1. The van der Waals surface area contributed by atoms with E-state index in [0.717, 1.165) is 13.0 Å². The van der Waals surface area contributed by atoms with E-state index in [0.29, 0.717) is 11.8 Å². The van der Waals surface area contributed by atoms with E-state index in [1.54, 1.807) is 12.1 Å². The first-order valence-electron chi connectivity index (χ1n) is 4.70. The lowest BCUT2D eigenvalue weighted by molar-refractivity contribution is 0.475. The second-order valence-electron chi connectivity index (χ2n) is 3.53. The van der Waals surface area contributed by atoms with Crippen molar-refractivity contribution in [3.63, 3.8) is 0 Å². The Morgan fingerprint density at radius 1 is 1.21 bits per heavy atom. The molecule has 2 nitrogen and oxygen atoms in total. The summed E-state index contributed by atoms with van der Waals surface area (Å²) < 4.78 is 0. The minimum atomic E-state index is 0. The molecule has 1 rings (SSSR count). The van der Waals surface area contributed by atoms with E-state index >= 15 is 0 Å². The molecule has 0 amide bonds. The van der Waals surface area contributed by atoms with Gasteiger partial charge in [0.05, 0.1) is 0 Å². The third-order valence-electron chi connectivity index (χ3n) is 1.90. The van der Waals surface area contributed by atoms with Crippen LogP contribution in [0.25, 0.3) is 0 Å². The Hall–Kier alpha value is -0.730. The van der Waals surface area contributed by atoms with Crippen molar-refractivity contribution in [1.82, 2.24) is 5.32 Å². The lowest BCUT2D eigenvalue weighted by atomic mass is 10.1. The Kier molecular flexibility index (Phi) is 6.34. The first-order valence-corrected chi connectivity index (χ1v) is 4.70. The molecule has 0 aliphatic rings. The largest absolute Gasteiger partial charge is 0.508 e. The van der Waals surface area contributed by atoms with Gasteiger partial charge in [-0.05, 0) is 30.7 Å². The first-order chi connectivity index (χ1) is 6.18. The molecule has 0 saturated heterocycles. The summed E-state index contributed by atoms with van der Waals surface area (Å²) in [5, 5.41) is 12.4. The fourth-order valence-corrected chi connectivity index (χ4v) is 1.17. The van der Waals surface area contributed by atoms with Crippen molar-refractivity contribution in [1.29, 1.82) is 0 Å². The fraction of sp³-hybridized carbons (Fsp3) is 0.455. The molecular weight excluding hydrogens is 198 g/mol. The van der Waals surface area contributed by atoms with Gasteiger partial charge < -0.3 is 10.4 Å². The van der Waals surface area contributed by atoms with Crippen molar-refractivity contribution < 1.29 is 5.11 Å². The molecule has 80 valence electrons. The summed E-state index contributed by atoms with van der Waals surface area (Å²) in [6.45, 7) is 5.26. The highest BCUT2D eigenvalue weighted by atomic mass is 35.5. The smallest absolute Gasteiger partial charge is 0.115 e. The van der Waals surface area contributed by atoms with Gasteiger partial charge in [-0.25, -0.2) is 0 Å². The van der Waals surface area contributed by atoms with Gasteiger partial charge in [0.25, 0.3) is 0 Å². The standard InChI is InChI=1S/C11H17NO.ClH/c1-9(2)12-8-7-10-3-5-11(13)6-4-10;/h3-6,9,12-13H,7-8H2,1-2H3;1H. The van der Waals surface area contributed by atoms with Gasteiger partial charge >= 0.3 is 0 Å². The topological polar surface area (TPSA) is 32.3 Å². The maximum atomic E-state index is 9.05. The van der Waals surface area contributed by atoms with Crippen LogP contribution in [0, 0.1) is 0 Å². The van der Waals surface area contributed by atoms with Crippen LogP contribution in [0.4, 0.5) is 0 Å². The number of nitrogens with one attached hydrogen (secondary N) is 1. The molecule has 0 bridgehead atoms. The molecule has 0 fully saturated rings. The second-order valence-corrected chi connectivity index (χ2v) is 3.53. The molecule has 2 N–H and O–H groups in total. The minimum absolute atomic E-state index is 0. The third kappa shape index (κ3) is 5.10. The number of phenolic OH excluding ortho intramolecular Hbond substituents is 1. The average molecular weight is 216 g/mol. The number of hydrogen-bond donors (Lipinski definition) is 2. The normalized spacial score (nSPS) is 9.93. The van der Waals surface area contributed by atoms with Crippen LogP contribution in [-0.4, -0.2) is 17.7 Å². The van der Waals surface area contributed by atoms with E-state index < -0.39 is 0 Å². The van der Waals surface area contributed by atoms with E-state index in [4.69, 9.17) is 5.11 Å². The van der Waals surface area contributed by atoms with Crippen molar-refractivity contribution in [3.8, 4) is 5.75 Å². The zero-order chi connectivity index (χ0) is 9.68. The van der Waals surface area contributed by atoms with Crippen molar-refractivity contribution in [2.75, 3.05) is 6.54 Å². The first kappa shape index (κ1) is 13.3. The molecule has 3 heteroatoms. The molecule has 0 saturated carbocycles. The molecule has 1 aromatic carbocycles. The maximum absolute atomic E-state index is 9.05. The Morgan fingerprint density at radius 2 is 1.79 bits per heavy atom. The molecule has 0 radical (unpaired) electrons. The molecule has 0 aliphatic heterocycles. The van der Waals surface area contributed by atoms with Gasteiger partial charge in [0, 0.05) is 6.04 Å². The summed E-state index contributed by atoms with van der Waals surface area (Å²) in [6.07, 6.45) is 1.01. The van der Waals surface area contributed by atoms with Crippen molar-refractivity contribution >= 4 is 12.4 Å². The predicted octanol–water partition coefficient (Wildman–Crippen LogP) is 2.35. The van der Waals surface area contributed by atoms with Crippen LogP contribution in [0.5, 0.6) is 5.75 Å². The molecule has 14 heavy (non-hydrogen) atoms. The molecule has 0 unspecified atom stereocenters. The number of phenols is 1. The lowest BCUT2D eigenvalue weighted by Crippen LogP contribution is -2.24. The number of hydrogen-bond acceptors (Lipinski definition) is 2. The van der Waals surface area contributed by atoms with Crippen LogP contribution in [0.1, 0.15) is 19.4 Å². The Balaban J connectivity index is 0.00000169. The zero-order valence-corrected chi connectivity index (χ0v) is 9.47. The van der Waals surface area contributed by atoms with Crippen LogP contribution in [0.3, 0.4) is 0 Å². The van der Waals surface area contributed by atoms with E-state index in [1.165, 1.54) is 5.56 Å². The Labute approximate surface area is 91.8 Å². The van der Waals surface area contributed by atoms with Gasteiger partial charge in [-0.1, -0.05) is 26.0 Å². The summed E-state index contributed by atoms with van der Waals surface area (Å²) in [7, 11) is 0. The number of benzene rings is 1. The number of halogens is 1. The van der Waals surface area contributed by atoms with Crippen molar-refractivity contribution in [3.05, 3.63) is 29.8 Å². The molecule has 0 heterocycles. The third-order valence-corrected chi connectivity index (χ3v) is 1.90. The fourth-order valence-electron chi connectivity index (χ4n) is 1.17. The summed E-state index contributed by atoms with van der Waals surface area (Å²) in [5.74, 6) is 0.334. The van der Waals surface area contributed by atoms with Gasteiger partial charge in [-0.3, -0.25) is 0 Å². The van der Waals surface area contributed by atoms with Gasteiger partial charge in [0.15, 0.2) is 0 Å². The Morgan fingerprint density at radius 3 is 2.29 bits per heavy atom. The van der Waals surface area contributed by atoms with E-state index in [1.807, 2.05) is 12.1 Å². The summed E-state index contributed by atoms with van der Waals surface area (Å²) in [6, 6.07) is 7.90. The average Bonchev–Trinajstić information content (AvgIpc) is 2.08. The van der Waals surface area contributed by atoms with Gasteiger partial charge in [-0.15, -0.1) is 12.4 Å². The van der Waals surface area contributed by atoms with Crippen molar-refractivity contribution in [2.45, 2.75) is 26.3 Å². The quantitative estimate of drug-likeness (QED) is 0.808. The Bertz CT molecular complexity index is 246. The molecule has 0 atom stereocenters.